The van der Waals surface area contributed by atoms with E-state index >= 15 is 0 Å². The average Bonchev–Trinajstić information content (AvgIpc) is 3.31. The van der Waals surface area contributed by atoms with Crippen molar-refractivity contribution in [1.29, 1.82) is 0 Å². The van der Waals surface area contributed by atoms with E-state index in [9.17, 15) is 14.4 Å². The zero-order valence-electron chi connectivity index (χ0n) is 18.6. The molecule has 1 aromatic heterocycles. The van der Waals surface area contributed by atoms with Crippen molar-refractivity contribution in [3.8, 4) is 11.1 Å². The molecule has 0 radical (unpaired) electrons. The van der Waals surface area contributed by atoms with Crippen LogP contribution in [0.2, 0.25) is 0 Å². The Balaban J connectivity index is 1.22. The summed E-state index contributed by atoms with van der Waals surface area (Å²) in [5, 5.41) is 18.6. The highest BCUT2D eigenvalue weighted by Crippen LogP contribution is 2.44. The van der Waals surface area contributed by atoms with Gasteiger partial charge in [-0.2, -0.15) is 5.10 Å². The molecule has 0 aliphatic heterocycles. The van der Waals surface area contributed by atoms with E-state index in [1.165, 1.54) is 10.7 Å². The monoisotopic (exact) mass is 460 g/mol. The number of carbonyl (C=O) groups is 3. The minimum Gasteiger partial charge on any atom is -0.481 e. The third-order valence-corrected chi connectivity index (χ3v) is 6.41. The topological polar surface area (TPSA) is 123 Å². The van der Waals surface area contributed by atoms with Gasteiger partial charge < -0.3 is 15.2 Å². The molecule has 2 aliphatic rings. The smallest absolute Gasteiger partial charge is 0.412 e. The molecule has 174 valence electrons. The van der Waals surface area contributed by atoms with E-state index in [4.69, 9.17) is 9.84 Å². The number of aliphatic carboxylic acids is 1. The Morgan fingerprint density at radius 1 is 1.09 bits per heavy atom. The van der Waals surface area contributed by atoms with Gasteiger partial charge in [0, 0.05) is 19.0 Å². The van der Waals surface area contributed by atoms with Gasteiger partial charge in [-0.15, -0.1) is 0 Å². The SMILES string of the molecule is Cn1nc(NC(=O)OCC2c3ccccc3-c3ccccc32)cc1C(=O)NC1(CC(=O)O)CC1. The molecule has 34 heavy (non-hydrogen) atoms. The summed E-state index contributed by atoms with van der Waals surface area (Å²) in [5.41, 5.74) is 4.03. The highest BCUT2D eigenvalue weighted by atomic mass is 16.5. The van der Waals surface area contributed by atoms with Crippen LogP contribution in [0.1, 0.15) is 46.8 Å². The second kappa shape index (κ2) is 8.33. The van der Waals surface area contributed by atoms with Crippen molar-refractivity contribution in [2.75, 3.05) is 11.9 Å². The maximum absolute atomic E-state index is 12.6. The molecule has 1 saturated carbocycles. The minimum atomic E-state index is -0.958. The van der Waals surface area contributed by atoms with E-state index in [0.717, 1.165) is 22.3 Å². The zero-order valence-corrected chi connectivity index (χ0v) is 18.6. The van der Waals surface area contributed by atoms with Crippen molar-refractivity contribution < 1.29 is 24.2 Å². The van der Waals surface area contributed by atoms with Crippen molar-refractivity contribution in [2.24, 2.45) is 7.05 Å². The Morgan fingerprint density at radius 3 is 2.29 bits per heavy atom. The number of nitrogens with zero attached hydrogens (tertiary/aromatic N) is 2. The summed E-state index contributed by atoms with van der Waals surface area (Å²) >= 11 is 0. The van der Waals surface area contributed by atoms with Gasteiger partial charge in [-0.3, -0.25) is 19.6 Å². The first-order chi connectivity index (χ1) is 16.3. The first-order valence-electron chi connectivity index (χ1n) is 11.1. The van der Waals surface area contributed by atoms with Crippen LogP contribution in [0.25, 0.3) is 11.1 Å². The van der Waals surface area contributed by atoms with Crippen LogP contribution >= 0.6 is 0 Å². The van der Waals surface area contributed by atoms with Gasteiger partial charge in [-0.25, -0.2) is 4.79 Å². The summed E-state index contributed by atoms with van der Waals surface area (Å²) in [5.74, 6) is -1.28. The second-order valence-corrected chi connectivity index (χ2v) is 8.79. The van der Waals surface area contributed by atoms with Gasteiger partial charge in [0.2, 0.25) is 0 Å². The lowest BCUT2D eigenvalue weighted by Gasteiger charge is -2.14. The summed E-state index contributed by atoms with van der Waals surface area (Å²) in [6, 6.07) is 17.6. The lowest BCUT2D eigenvalue weighted by molar-refractivity contribution is -0.137. The van der Waals surface area contributed by atoms with Gasteiger partial charge in [-0.1, -0.05) is 48.5 Å². The molecule has 3 aromatic rings. The lowest BCUT2D eigenvalue weighted by atomic mass is 9.98. The third kappa shape index (κ3) is 4.12. The molecule has 3 N–H and O–H groups in total. The maximum Gasteiger partial charge on any atom is 0.412 e. The summed E-state index contributed by atoms with van der Waals surface area (Å²) in [6.07, 6.45) is 0.444. The van der Waals surface area contributed by atoms with E-state index in [-0.39, 0.29) is 30.5 Å². The van der Waals surface area contributed by atoms with Gasteiger partial charge in [0.1, 0.15) is 12.3 Å². The predicted molar refractivity (Wildman–Crippen MR) is 124 cm³/mol. The van der Waals surface area contributed by atoms with Crippen LogP contribution in [-0.2, 0) is 16.6 Å². The molecule has 1 fully saturated rings. The van der Waals surface area contributed by atoms with Crippen LogP contribution in [0.4, 0.5) is 10.6 Å². The molecule has 9 nitrogen and oxygen atoms in total. The standard InChI is InChI=1S/C25H24N4O5/c1-29-20(23(32)27-25(10-11-25)13-22(30)31)12-21(28-29)26-24(33)34-14-19-17-8-4-2-6-15(17)16-7-3-5-9-18(16)19/h2-9,12,19H,10-11,13-14H2,1H3,(H,27,32)(H,30,31)(H,26,28,33). The van der Waals surface area contributed by atoms with E-state index in [0.29, 0.717) is 12.8 Å². The Hall–Kier alpha value is -4.14. The molecule has 2 aromatic carbocycles. The maximum atomic E-state index is 12.6. The van der Waals surface area contributed by atoms with E-state index < -0.39 is 23.5 Å². The summed E-state index contributed by atoms with van der Waals surface area (Å²) < 4.78 is 6.86. The fourth-order valence-corrected chi connectivity index (χ4v) is 4.57. The number of carboxylic acid groups (broad SMARTS) is 1. The number of carbonyl (C=O) groups excluding carboxylic acids is 2. The molecule has 0 saturated heterocycles. The molecule has 5 rings (SSSR count). The normalized spacial score (nSPS) is 15.2. The largest absolute Gasteiger partial charge is 0.481 e. The van der Waals surface area contributed by atoms with Crippen LogP contribution in [0.3, 0.4) is 0 Å². The summed E-state index contributed by atoms with van der Waals surface area (Å²) in [7, 11) is 1.58. The minimum absolute atomic E-state index is 0.0628. The number of aryl methyl sites for hydroxylation is 1. The van der Waals surface area contributed by atoms with E-state index in [1.807, 2.05) is 36.4 Å². The Labute approximate surface area is 195 Å². The van der Waals surface area contributed by atoms with Gasteiger partial charge in [0.25, 0.3) is 5.91 Å². The summed E-state index contributed by atoms with van der Waals surface area (Å²) in [4.78, 5) is 36.1. The number of fused-ring (bicyclic) bond motifs is 3. The number of rotatable bonds is 7. The van der Waals surface area contributed by atoms with Gasteiger partial charge in [0.15, 0.2) is 5.82 Å². The number of aromatic nitrogens is 2. The van der Waals surface area contributed by atoms with Gasteiger partial charge in [0.05, 0.1) is 12.0 Å². The molecule has 0 spiro atoms. The molecular formula is C25H24N4O5. The van der Waals surface area contributed by atoms with Crippen LogP contribution < -0.4 is 10.6 Å². The van der Waals surface area contributed by atoms with Crippen molar-refractivity contribution in [2.45, 2.75) is 30.7 Å². The van der Waals surface area contributed by atoms with Crippen molar-refractivity contribution in [3.63, 3.8) is 0 Å². The Kier molecular flexibility index (Phi) is 5.31. The van der Waals surface area contributed by atoms with Crippen molar-refractivity contribution >= 4 is 23.8 Å². The van der Waals surface area contributed by atoms with Crippen LogP contribution in [0.15, 0.2) is 54.6 Å². The molecule has 2 amide bonds. The Morgan fingerprint density at radius 2 is 1.71 bits per heavy atom. The van der Waals surface area contributed by atoms with Gasteiger partial charge in [-0.05, 0) is 35.1 Å². The van der Waals surface area contributed by atoms with Crippen molar-refractivity contribution in [3.05, 3.63) is 71.4 Å². The zero-order chi connectivity index (χ0) is 23.9. The fraction of sp³-hybridized carbons (Fsp3) is 0.280. The Bertz CT molecular complexity index is 1250. The average molecular weight is 460 g/mol. The summed E-state index contributed by atoms with van der Waals surface area (Å²) in [6.45, 7) is 0.164. The molecule has 9 heteroatoms. The number of nitrogens with one attached hydrogen (secondary N) is 2. The predicted octanol–water partition coefficient (Wildman–Crippen LogP) is 3.52. The molecule has 1 heterocycles. The number of benzene rings is 2. The molecule has 0 bridgehead atoms. The van der Waals surface area contributed by atoms with Crippen LogP contribution in [-0.4, -0.2) is 45.0 Å². The van der Waals surface area contributed by atoms with Crippen LogP contribution in [0.5, 0.6) is 0 Å². The van der Waals surface area contributed by atoms with Gasteiger partial charge >= 0.3 is 12.1 Å². The number of amides is 2. The molecular weight excluding hydrogens is 436 g/mol. The third-order valence-electron chi connectivity index (χ3n) is 6.41. The first-order valence-corrected chi connectivity index (χ1v) is 11.1. The lowest BCUT2D eigenvalue weighted by Crippen LogP contribution is -2.39. The first kappa shape index (κ1) is 21.7. The number of hydrogen-bond donors (Lipinski definition) is 3. The van der Waals surface area contributed by atoms with E-state index in [2.05, 4.69) is 27.9 Å². The second-order valence-electron chi connectivity index (χ2n) is 8.79. The number of hydrogen-bond acceptors (Lipinski definition) is 5. The quantitative estimate of drug-likeness (QED) is 0.496. The molecule has 0 atom stereocenters. The van der Waals surface area contributed by atoms with E-state index in [1.54, 1.807) is 7.05 Å². The van der Waals surface area contributed by atoms with Crippen LogP contribution in [0, 0.1) is 0 Å². The number of anilines is 1. The number of ether oxygens (including phenoxy) is 1. The molecule has 0 unspecified atom stereocenters. The highest BCUT2D eigenvalue weighted by molar-refractivity contribution is 5.95. The number of carboxylic acids is 1. The highest BCUT2D eigenvalue weighted by Gasteiger charge is 2.46. The fourth-order valence-electron chi connectivity index (χ4n) is 4.57. The molecule has 2 aliphatic carbocycles. The van der Waals surface area contributed by atoms with Crippen molar-refractivity contribution in [1.82, 2.24) is 15.1 Å².